The number of benzene rings is 3. The van der Waals surface area contributed by atoms with E-state index in [0.29, 0.717) is 24.4 Å². The molecule has 1 heterocycles. The second-order valence-electron chi connectivity index (χ2n) is 9.28. The topological polar surface area (TPSA) is 112 Å². The van der Waals surface area contributed by atoms with Crippen LogP contribution in [-0.2, 0) is 16.0 Å². The molecule has 1 unspecified atom stereocenters. The van der Waals surface area contributed by atoms with Gasteiger partial charge in [-0.15, -0.1) is 24.8 Å². The fourth-order valence-corrected chi connectivity index (χ4v) is 4.69. The molecule has 1 atom stereocenters. The highest BCUT2D eigenvalue weighted by atomic mass is 35.5. The van der Waals surface area contributed by atoms with Crippen LogP contribution in [0.15, 0.2) is 60.7 Å². The smallest absolute Gasteiger partial charge is 0.313 e. The van der Waals surface area contributed by atoms with E-state index in [0.717, 1.165) is 53.6 Å². The molecule has 0 aliphatic carbocycles. The minimum Gasteiger partial charge on any atom is -0.490 e. The van der Waals surface area contributed by atoms with Gasteiger partial charge in [0, 0.05) is 31.5 Å². The Kier molecular flexibility index (Phi) is 11.4. The van der Waals surface area contributed by atoms with Gasteiger partial charge in [-0.05, 0) is 60.4 Å². The second kappa shape index (κ2) is 14.0. The predicted molar refractivity (Wildman–Crippen MR) is 158 cm³/mol. The van der Waals surface area contributed by atoms with Crippen LogP contribution in [0.2, 0.25) is 0 Å². The van der Waals surface area contributed by atoms with Gasteiger partial charge in [0.05, 0.1) is 18.4 Å². The van der Waals surface area contributed by atoms with Crippen LogP contribution in [0.3, 0.4) is 0 Å². The number of halogens is 2. The third-order valence-electron chi connectivity index (χ3n) is 6.73. The zero-order chi connectivity index (χ0) is 25.7. The Morgan fingerprint density at radius 1 is 1.00 bits per heavy atom. The number of ether oxygens (including phenoxy) is 2. The van der Waals surface area contributed by atoms with Crippen molar-refractivity contribution < 1.29 is 14.3 Å². The minimum absolute atomic E-state index is 0. The molecule has 3 aromatic carbocycles. The molecule has 7 nitrogen and oxygen atoms in total. The molecule has 3 aromatic rings. The van der Waals surface area contributed by atoms with Crippen molar-refractivity contribution in [2.75, 3.05) is 19.7 Å². The molecule has 1 fully saturated rings. The van der Waals surface area contributed by atoms with Gasteiger partial charge in [-0.3, -0.25) is 15.6 Å². The Morgan fingerprint density at radius 2 is 1.66 bits per heavy atom. The highest BCUT2D eigenvalue weighted by molar-refractivity contribution is 5.99. The molecule has 4 N–H and O–H groups in total. The van der Waals surface area contributed by atoms with E-state index < -0.39 is 5.92 Å². The molecular formula is C29H36Cl2N4O3. The van der Waals surface area contributed by atoms with E-state index >= 15 is 0 Å². The average molecular weight is 560 g/mol. The van der Waals surface area contributed by atoms with Crippen LogP contribution in [0.4, 0.5) is 0 Å². The van der Waals surface area contributed by atoms with E-state index in [9.17, 15) is 4.79 Å². The van der Waals surface area contributed by atoms with Crippen LogP contribution in [0.5, 0.6) is 5.75 Å². The number of piperidine rings is 1. The molecule has 0 aromatic heterocycles. The monoisotopic (exact) mass is 558 g/mol. The number of nitrogens with one attached hydrogen (secondary N) is 2. The average Bonchev–Trinajstić information content (AvgIpc) is 2.88. The van der Waals surface area contributed by atoms with Crippen LogP contribution in [0.1, 0.15) is 49.3 Å². The van der Waals surface area contributed by atoms with Gasteiger partial charge in [-0.2, -0.15) is 0 Å². The Labute approximate surface area is 236 Å². The molecule has 0 saturated carbocycles. The summed E-state index contributed by atoms with van der Waals surface area (Å²) in [6.07, 6.45) is 2.40. The molecule has 0 spiro atoms. The van der Waals surface area contributed by atoms with Crippen molar-refractivity contribution in [1.29, 1.82) is 10.8 Å². The number of hydrogen-bond donors (Lipinski definition) is 3. The molecule has 1 aliphatic heterocycles. The standard InChI is InChI=1S/C29H34N4O3.2ClH/c1-3-35-29(34)27(17-20-4-5-21-6-7-23(28(31)32)18-24(21)16-20)22-8-10-25(11-9-22)36-26-12-14-33(15-13-26)19(2)30;;/h4-11,16,18,26-27,30H,3,12-15,17H2,1-2H3,(H3,31,32);2*1H. The van der Waals surface area contributed by atoms with E-state index in [1.807, 2.05) is 74.5 Å². The summed E-state index contributed by atoms with van der Waals surface area (Å²) in [4.78, 5) is 15.0. The van der Waals surface area contributed by atoms with Gasteiger partial charge in [0.1, 0.15) is 17.7 Å². The van der Waals surface area contributed by atoms with Crippen LogP contribution >= 0.6 is 24.8 Å². The van der Waals surface area contributed by atoms with E-state index in [1.54, 1.807) is 0 Å². The molecule has 0 amide bonds. The first-order valence-electron chi connectivity index (χ1n) is 12.4. The number of amidine groups is 2. The lowest BCUT2D eigenvalue weighted by molar-refractivity contribution is -0.144. The first kappa shape index (κ1) is 30.9. The van der Waals surface area contributed by atoms with E-state index in [4.69, 9.17) is 26.0 Å². The van der Waals surface area contributed by atoms with Crippen molar-refractivity contribution in [2.45, 2.75) is 45.1 Å². The largest absolute Gasteiger partial charge is 0.490 e. The summed E-state index contributed by atoms with van der Waals surface area (Å²) in [5, 5.41) is 17.5. The second-order valence-corrected chi connectivity index (χ2v) is 9.28. The Hall–Kier alpha value is -3.29. The summed E-state index contributed by atoms with van der Waals surface area (Å²) >= 11 is 0. The number of esters is 1. The fourth-order valence-electron chi connectivity index (χ4n) is 4.69. The van der Waals surface area contributed by atoms with Crippen LogP contribution < -0.4 is 10.5 Å². The predicted octanol–water partition coefficient (Wildman–Crippen LogP) is 5.70. The summed E-state index contributed by atoms with van der Waals surface area (Å²) < 4.78 is 11.6. The fraction of sp³-hybridized carbons (Fsp3) is 0.345. The summed E-state index contributed by atoms with van der Waals surface area (Å²) in [6.45, 7) is 5.63. The van der Waals surface area contributed by atoms with Crippen molar-refractivity contribution in [1.82, 2.24) is 4.90 Å². The quantitative estimate of drug-likeness (QED) is 0.186. The first-order valence-corrected chi connectivity index (χ1v) is 12.4. The first-order chi connectivity index (χ1) is 17.3. The summed E-state index contributed by atoms with van der Waals surface area (Å²) in [7, 11) is 0. The lowest BCUT2D eigenvalue weighted by atomic mass is 9.91. The SMILES string of the molecule is CCOC(=O)C(Cc1ccc2ccc(C(=N)N)cc2c1)c1ccc(OC2CCN(C(C)=N)CC2)cc1.Cl.Cl. The van der Waals surface area contributed by atoms with Crippen LogP contribution in [-0.4, -0.2) is 48.3 Å². The Bertz CT molecular complexity index is 1260. The number of rotatable bonds is 8. The molecule has 9 heteroatoms. The normalized spacial score (nSPS) is 14.1. The maximum Gasteiger partial charge on any atom is 0.313 e. The summed E-state index contributed by atoms with van der Waals surface area (Å²) in [6, 6.07) is 19.5. The molecule has 0 radical (unpaired) electrons. The van der Waals surface area contributed by atoms with Gasteiger partial charge in [-0.25, -0.2) is 0 Å². The lowest BCUT2D eigenvalue weighted by Crippen LogP contribution is -2.40. The van der Waals surface area contributed by atoms with Gasteiger partial charge in [-0.1, -0.05) is 42.5 Å². The molecule has 4 rings (SSSR count). The van der Waals surface area contributed by atoms with Gasteiger partial charge >= 0.3 is 5.97 Å². The van der Waals surface area contributed by atoms with Gasteiger partial charge in [0.2, 0.25) is 0 Å². The maximum absolute atomic E-state index is 12.9. The van der Waals surface area contributed by atoms with Crippen molar-refractivity contribution in [3.05, 3.63) is 77.4 Å². The number of carbonyl (C=O) groups excluding carboxylic acids is 1. The highest BCUT2D eigenvalue weighted by Gasteiger charge is 2.24. The molecular weight excluding hydrogens is 523 g/mol. The van der Waals surface area contributed by atoms with Gasteiger partial charge in [0.15, 0.2) is 0 Å². The van der Waals surface area contributed by atoms with Gasteiger partial charge in [0.25, 0.3) is 0 Å². The highest BCUT2D eigenvalue weighted by Crippen LogP contribution is 2.28. The molecule has 0 bridgehead atoms. The molecule has 1 saturated heterocycles. The van der Waals surface area contributed by atoms with E-state index in [2.05, 4.69) is 4.90 Å². The number of fused-ring (bicyclic) bond motifs is 1. The van der Waals surface area contributed by atoms with Crippen molar-refractivity contribution in [3.8, 4) is 5.75 Å². The van der Waals surface area contributed by atoms with E-state index in [-0.39, 0.29) is 42.7 Å². The Morgan fingerprint density at radius 3 is 2.26 bits per heavy atom. The lowest BCUT2D eigenvalue weighted by Gasteiger charge is -2.32. The third-order valence-corrected chi connectivity index (χ3v) is 6.73. The van der Waals surface area contributed by atoms with Gasteiger partial charge < -0.3 is 20.1 Å². The third kappa shape index (κ3) is 7.62. The number of hydrogen-bond acceptors (Lipinski definition) is 5. The number of carbonyl (C=O) groups is 1. The molecule has 38 heavy (non-hydrogen) atoms. The molecule has 204 valence electrons. The number of nitrogens with two attached hydrogens (primary N) is 1. The zero-order valence-electron chi connectivity index (χ0n) is 21.7. The van der Waals surface area contributed by atoms with Crippen LogP contribution in [0, 0.1) is 10.8 Å². The summed E-state index contributed by atoms with van der Waals surface area (Å²) in [5.74, 6) is 0.733. The number of likely N-dealkylation sites (tertiary alicyclic amines) is 1. The van der Waals surface area contributed by atoms with Crippen molar-refractivity contribution >= 4 is 53.2 Å². The number of nitrogens with zero attached hydrogens (tertiary/aromatic N) is 1. The minimum atomic E-state index is -0.439. The molecule has 1 aliphatic rings. The van der Waals surface area contributed by atoms with E-state index in [1.165, 1.54) is 0 Å². The van der Waals surface area contributed by atoms with Crippen molar-refractivity contribution in [3.63, 3.8) is 0 Å². The number of nitrogen functional groups attached to an aromatic ring is 1. The zero-order valence-corrected chi connectivity index (χ0v) is 23.4. The van der Waals surface area contributed by atoms with Crippen LogP contribution in [0.25, 0.3) is 10.8 Å². The Balaban J connectivity index is 0.00000253. The summed E-state index contributed by atoms with van der Waals surface area (Å²) in [5.41, 5.74) is 8.23. The van der Waals surface area contributed by atoms with Crippen molar-refractivity contribution in [2.24, 2.45) is 5.73 Å². The maximum atomic E-state index is 12.9.